The molecule has 0 fully saturated rings. The first-order valence-corrected chi connectivity index (χ1v) is 4.33. The molecular weight excluding hydrogens is 164 g/mol. The Hall–Kier alpha value is -1.57. The van der Waals surface area contributed by atoms with Crippen molar-refractivity contribution >= 4 is 11.0 Å². The van der Waals surface area contributed by atoms with Crippen LogP contribution in [0.1, 0.15) is 12.5 Å². The van der Waals surface area contributed by atoms with Crippen molar-refractivity contribution < 1.29 is 4.42 Å². The molecule has 0 bridgehead atoms. The van der Waals surface area contributed by atoms with Crippen molar-refractivity contribution in [1.29, 1.82) is 0 Å². The van der Waals surface area contributed by atoms with Crippen molar-refractivity contribution in [3.63, 3.8) is 0 Å². The Bertz CT molecular complexity index is 483. The average molecular weight is 174 g/mol. The van der Waals surface area contributed by atoms with Crippen LogP contribution in [-0.2, 0) is 6.42 Å². The number of hydrogen-bond acceptors (Lipinski definition) is 2. The minimum atomic E-state index is -0.291. The second kappa shape index (κ2) is 3.05. The lowest BCUT2D eigenvalue weighted by atomic mass is 10.1. The summed E-state index contributed by atoms with van der Waals surface area (Å²) in [6, 6.07) is 9.05. The molecule has 0 saturated heterocycles. The van der Waals surface area contributed by atoms with E-state index in [0.717, 1.165) is 11.8 Å². The Kier molecular flexibility index (Phi) is 1.89. The maximum Gasteiger partial charge on any atom is 0.336 e. The van der Waals surface area contributed by atoms with Crippen LogP contribution in [0.5, 0.6) is 0 Å². The lowest BCUT2D eigenvalue weighted by molar-refractivity contribution is 0.560. The molecule has 0 aliphatic rings. The summed E-state index contributed by atoms with van der Waals surface area (Å²) in [5.74, 6) is 0. The van der Waals surface area contributed by atoms with Crippen molar-refractivity contribution in [3.05, 3.63) is 46.3 Å². The summed E-state index contributed by atoms with van der Waals surface area (Å²) in [5.41, 5.74) is 1.59. The summed E-state index contributed by atoms with van der Waals surface area (Å²) in [6.07, 6.45) is 0.949. The molecule has 0 unspecified atom stereocenters. The van der Waals surface area contributed by atoms with E-state index < -0.39 is 0 Å². The van der Waals surface area contributed by atoms with Gasteiger partial charge in [-0.05, 0) is 24.1 Å². The van der Waals surface area contributed by atoms with E-state index in [2.05, 4.69) is 6.92 Å². The quantitative estimate of drug-likeness (QED) is 0.621. The Labute approximate surface area is 75.8 Å². The molecule has 2 heteroatoms. The summed E-state index contributed by atoms with van der Waals surface area (Å²) in [5, 5.41) is 1.03. The van der Waals surface area contributed by atoms with Gasteiger partial charge in [-0.15, -0.1) is 0 Å². The zero-order chi connectivity index (χ0) is 9.26. The van der Waals surface area contributed by atoms with Crippen molar-refractivity contribution in [3.8, 4) is 0 Å². The molecule has 2 rings (SSSR count). The third kappa shape index (κ3) is 1.35. The minimum Gasteiger partial charge on any atom is -0.423 e. The number of fused-ring (bicyclic) bond motifs is 1. The third-order valence-corrected chi connectivity index (χ3v) is 2.13. The van der Waals surface area contributed by atoms with Gasteiger partial charge in [0.25, 0.3) is 0 Å². The second-order valence-corrected chi connectivity index (χ2v) is 2.94. The lowest BCUT2D eigenvalue weighted by Gasteiger charge is -2.00. The Morgan fingerprint density at radius 1 is 1.23 bits per heavy atom. The van der Waals surface area contributed by atoms with Crippen molar-refractivity contribution in [2.24, 2.45) is 0 Å². The van der Waals surface area contributed by atoms with Crippen LogP contribution >= 0.6 is 0 Å². The van der Waals surface area contributed by atoms with Crippen LogP contribution < -0.4 is 5.63 Å². The fourth-order valence-corrected chi connectivity index (χ4v) is 1.47. The van der Waals surface area contributed by atoms with Gasteiger partial charge in [0.05, 0.1) is 0 Å². The molecule has 0 spiro atoms. The van der Waals surface area contributed by atoms with E-state index >= 15 is 0 Å². The van der Waals surface area contributed by atoms with Crippen LogP contribution in [0.2, 0.25) is 0 Å². The minimum absolute atomic E-state index is 0.291. The molecule has 0 aliphatic carbocycles. The SMILES string of the molecule is CCc1cccc2oc(=O)ccc12. The van der Waals surface area contributed by atoms with Crippen LogP contribution in [0.4, 0.5) is 0 Å². The first-order valence-electron chi connectivity index (χ1n) is 4.33. The van der Waals surface area contributed by atoms with Gasteiger partial charge in [-0.1, -0.05) is 19.1 Å². The van der Waals surface area contributed by atoms with Gasteiger partial charge in [-0.25, -0.2) is 4.79 Å². The molecule has 0 amide bonds. The number of rotatable bonds is 1. The summed E-state index contributed by atoms with van der Waals surface area (Å²) < 4.78 is 5.05. The number of benzene rings is 1. The fraction of sp³-hybridized carbons (Fsp3) is 0.182. The zero-order valence-corrected chi connectivity index (χ0v) is 7.41. The van der Waals surface area contributed by atoms with Crippen LogP contribution in [-0.4, -0.2) is 0 Å². The summed E-state index contributed by atoms with van der Waals surface area (Å²) in [7, 11) is 0. The average Bonchev–Trinajstić information content (AvgIpc) is 2.16. The monoisotopic (exact) mass is 174 g/mol. The molecule has 0 atom stereocenters. The molecule has 1 aromatic carbocycles. The Balaban J connectivity index is 2.85. The lowest BCUT2D eigenvalue weighted by Crippen LogP contribution is -1.95. The van der Waals surface area contributed by atoms with Crippen molar-refractivity contribution in [2.45, 2.75) is 13.3 Å². The van der Waals surface area contributed by atoms with E-state index in [9.17, 15) is 4.79 Å². The molecule has 66 valence electrons. The standard InChI is InChI=1S/C11H10O2/c1-2-8-4-3-5-10-9(8)6-7-11(12)13-10/h3-7H,2H2,1H3. The molecule has 0 radical (unpaired) electrons. The first-order chi connectivity index (χ1) is 6.31. The molecule has 0 saturated carbocycles. The second-order valence-electron chi connectivity index (χ2n) is 2.94. The molecule has 0 aliphatic heterocycles. The van der Waals surface area contributed by atoms with Crippen LogP contribution in [0.3, 0.4) is 0 Å². The highest BCUT2D eigenvalue weighted by molar-refractivity contribution is 5.80. The van der Waals surface area contributed by atoms with Gasteiger partial charge in [-0.3, -0.25) is 0 Å². The van der Waals surface area contributed by atoms with E-state index in [1.807, 2.05) is 24.3 Å². The molecule has 13 heavy (non-hydrogen) atoms. The van der Waals surface area contributed by atoms with E-state index in [-0.39, 0.29) is 5.63 Å². The molecule has 2 nitrogen and oxygen atoms in total. The molecule has 1 heterocycles. The van der Waals surface area contributed by atoms with E-state index in [4.69, 9.17) is 4.42 Å². The van der Waals surface area contributed by atoms with Gasteiger partial charge in [0.15, 0.2) is 0 Å². The van der Waals surface area contributed by atoms with E-state index in [0.29, 0.717) is 5.58 Å². The highest BCUT2D eigenvalue weighted by atomic mass is 16.4. The predicted molar refractivity (Wildman–Crippen MR) is 51.9 cm³/mol. The molecule has 1 aromatic heterocycles. The van der Waals surface area contributed by atoms with Crippen LogP contribution in [0, 0.1) is 0 Å². The van der Waals surface area contributed by atoms with Gasteiger partial charge < -0.3 is 4.42 Å². The zero-order valence-electron chi connectivity index (χ0n) is 7.41. The van der Waals surface area contributed by atoms with Gasteiger partial charge in [-0.2, -0.15) is 0 Å². The maximum absolute atomic E-state index is 10.9. The smallest absolute Gasteiger partial charge is 0.336 e. The summed E-state index contributed by atoms with van der Waals surface area (Å²) in [4.78, 5) is 10.9. The fourth-order valence-electron chi connectivity index (χ4n) is 1.47. The van der Waals surface area contributed by atoms with Crippen LogP contribution in [0.15, 0.2) is 39.5 Å². The number of aryl methyl sites for hydroxylation is 1. The van der Waals surface area contributed by atoms with Gasteiger partial charge in [0.1, 0.15) is 5.58 Å². The first kappa shape index (κ1) is 8.05. The predicted octanol–water partition coefficient (Wildman–Crippen LogP) is 2.36. The summed E-state index contributed by atoms with van der Waals surface area (Å²) >= 11 is 0. The van der Waals surface area contributed by atoms with E-state index in [1.165, 1.54) is 11.6 Å². The topological polar surface area (TPSA) is 30.2 Å². The molecule has 0 N–H and O–H groups in total. The van der Waals surface area contributed by atoms with Gasteiger partial charge in [0, 0.05) is 11.5 Å². The molecule has 2 aromatic rings. The largest absolute Gasteiger partial charge is 0.423 e. The maximum atomic E-state index is 10.9. The Morgan fingerprint density at radius 2 is 2.08 bits per heavy atom. The number of hydrogen-bond donors (Lipinski definition) is 0. The normalized spacial score (nSPS) is 10.5. The van der Waals surface area contributed by atoms with Gasteiger partial charge in [0.2, 0.25) is 0 Å². The summed E-state index contributed by atoms with van der Waals surface area (Å²) in [6.45, 7) is 2.08. The van der Waals surface area contributed by atoms with Gasteiger partial charge >= 0.3 is 5.63 Å². The molecular formula is C11H10O2. The van der Waals surface area contributed by atoms with Crippen LogP contribution in [0.25, 0.3) is 11.0 Å². The highest BCUT2D eigenvalue weighted by Gasteiger charge is 1.99. The van der Waals surface area contributed by atoms with E-state index in [1.54, 1.807) is 0 Å². The van der Waals surface area contributed by atoms with Crippen molar-refractivity contribution in [2.75, 3.05) is 0 Å². The van der Waals surface area contributed by atoms with Crippen molar-refractivity contribution in [1.82, 2.24) is 0 Å². The Morgan fingerprint density at radius 3 is 2.85 bits per heavy atom. The highest BCUT2D eigenvalue weighted by Crippen LogP contribution is 2.16. The third-order valence-electron chi connectivity index (χ3n) is 2.13.